The van der Waals surface area contributed by atoms with Gasteiger partial charge in [-0.05, 0) is 24.5 Å². The van der Waals surface area contributed by atoms with Crippen LogP contribution in [0.5, 0.6) is 0 Å². The number of imidazole rings is 1. The maximum atomic E-state index is 4.52. The van der Waals surface area contributed by atoms with E-state index < -0.39 is 0 Å². The SMILES string of the molecule is Cn1ccnc1CN(Cc1cccnc1)C1CCCCCC1. The van der Waals surface area contributed by atoms with Gasteiger partial charge in [0.2, 0.25) is 0 Å². The molecule has 3 rings (SSSR count). The van der Waals surface area contributed by atoms with Crippen molar-refractivity contribution in [3.63, 3.8) is 0 Å². The maximum absolute atomic E-state index is 4.52. The van der Waals surface area contributed by atoms with E-state index in [4.69, 9.17) is 0 Å². The van der Waals surface area contributed by atoms with Crippen LogP contribution in [0.25, 0.3) is 0 Å². The number of pyridine rings is 1. The largest absolute Gasteiger partial charge is 0.337 e. The third kappa shape index (κ3) is 3.95. The summed E-state index contributed by atoms with van der Waals surface area (Å²) in [5.74, 6) is 1.15. The standard InChI is InChI=1S/C18H26N4/c1-21-12-11-20-18(21)15-22(14-16-7-6-10-19-13-16)17-8-4-2-3-5-9-17/h6-7,10-13,17H,2-5,8-9,14-15H2,1H3. The highest BCUT2D eigenvalue weighted by molar-refractivity contribution is 5.09. The summed E-state index contributed by atoms with van der Waals surface area (Å²) in [5.41, 5.74) is 1.29. The van der Waals surface area contributed by atoms with Gasteiger partial charge in [-0.2, -0.15) is 0 Å². The van der Waals surface area contributed by atoms with Crippen molar-refractivity contribution in [1.82, 2.24) is 19.4 Å². The van der Waals surface area contributed by atoms with Gasteiger partial charge in [-0.25, -0.2) is 4.98 Å². The molecule has 2 aromatic heterocycles. The van der Waals surface area contributed by atoms with Crippen molar-refractivity contribution >= 4 is 0 Å². The Kier molecular flexibility index (Phi) is 5.22. The van der Waals surface area contributed by atoms with E-state index in [2.05, 4.69) is 32.5 Å². The van der Waals surface area contributed by atoms with Crippen LogP contribution in [-0.2, 0) is 20.1 Å². The molecule has 0 spiro atoms. The van der Waals surface area contributed by atoms with Gasteiger partial charge in [0.25, 0.3) is 0 Å². The number of hydrogen-bond donors (Lipinski definition) is 0. The fraction of sp³-hybridized carbons (Fsp3) is 0.556. The van der Waals surface area contributed by atoms with E-state index in [-0.39, 0.29) is 0 Å². The summed E-state index contributed by atoms with van der Waals surface area (Å²) in [5, 5.41) is 0. The highest BCUT2D eigenvalue weighted by Gasteiger charge is 2.21. The number of rotatable bonds is 5. The Morgan fingerprint density at radius 2 is 1.95 bits per heavy atom. The van der Waals surface area contributed by atoms with E-state index in [1.54, 1.807) is 0 Å². The fourth-order valence-electron chi connectivity index (χ4n) is 3.39. The Hall–Kier alpha value is -1.68. The van der Waals surface area contributed by atoms with Crippen LogP contribution in [0.15, 0.2) is 36.9 Å². The summed E-state index contributed by atoms with van der Waals surface area (Å²) in [6, 6.07) is 4.87. The van der Waals surface area contributed by atoms with Gasteiger partial charge in [0, 0.05) is 44.4 Å². The topological polar surface area (TPSA) is 34.0 Å². The monoisotopic (exact) mass is 298 g/mol. The lowest BCUT2D eigenvalue weighted by Gasteiger charge is -2.31. The second-order valence-electron chi connectivity index (χ2n) is 6.37. The molecule has 0 N–H and O–H groups in total. The zero-order valence-corrected chi connectivity index (χ0v) is 13.5. The molecule has 0 unspecified atom stereocenters. The first kappa shape index (κ1) is 15.2. The molecule has 4 nitrogen and oxygen atoms in total. The van der Waals surface area contributed by atoms with E-state index in [1.165, 1.54) is 44.1 Å². The first-order valence-corrected chi connectivity index (χ1v) is 8.42. The van der Waals surface area contributed by atoms with Crippen LogP contribution >= 0.6 is 0 Å². The number of aromatic nitrogens is 3. The minimum absolute atomic E-state index is 0.666. The van der Waals surface area contributed by atoms with Crippen molar-refractivity contribution in [2.45, 2.75) is 57.7 Å². The Bertz CT molecular complexity index is 555. The van der Waals surface area contributed by atoms with E-state index in [0.717, 1.165) is 18.9 Å². The van der Waals surface area contributed by atoms with Crippen LogP contribution in [0.1, 0.15) is 49.9 Å². The van der Waals surface area contributed by atoms with Crippen molar-refractivity contribution in [3.8, 4) is 0 Å². The summed E-state index contributed by atoms with van der Waals surface area (Å²) < 4.78 is 2.13. The molecule has 0 aliphatic heterocycles. The van der Waals surface area contributed by atoms with Gasteiger partial charge in [-0.15, -0.1) is 0 Å². The lowest BCUT2D eigenvalue weighted by molar-refractivity contribution is 0.156. The summed E-state index contributed by atoms with van der Waals surface area (Å²) >= 11 is 0. The molecule has 22 heavy (non-hydrogen) atoms. The van der Waals surface area contributed by atoms with E-state index in [9.17, 15) is 0 Å². The minimum Gasteiger partial charge on any atom is -0.337 e. The van der Waals surface area contributed by atoms with Gasteiger partial charge in [-0.1, -0.05) is 31.7 Å². The van der Waals surface area contributed by atoms with Gasteiger partial charge in [0.1, 0.15) is 5.82 Å². The normalized spacial score (nSPS) is 16.8. The van der Waals surface area contributed by atoms with Crippen LogP contribution in [0, 0.1) is 0 Å². The Morgan fingerprint density at radius 3 is 2.59 bits per heavy atom. The minimum atomic E-state index is 0.666. The second-order valence-corrected chi connectivity index (χ2v) is 6.37. The van der Waals surface area contributed by atoms with E-state index in [0.29, 0.717) is 6.04 Å². The number of nitrogens with zero attached hydrogens (tertiary/aromatic N) is 4. The van der Waals surface area contributed by atoms with Crippen LogP contribution < -0.4 is 0 Å². The molecule has 1 fully saturated rings. The van der Waals surface area contributed by atoms with Crippen molar-refractivity contribution in [1.29, 1.82) is 0 Å². The first-order chi connectivity index (χ1) is 10.8. The maximum Gasteiger partial charge on any atom is 0.122 e. The average molecular weight is 298 g/mol. The molecule has 0 aromatic carbocycles. The van der Waals surface area contributed by atoms with Crippen molar-refractivity contribution in [2.24, 2.45) is 7.05 Å². The zero-order chi connectivity index (χ0) is 15.2. The van der Waals surface area contributed by atoms with Crippen molar-refractivity contribution in [2.75, 3.05) is 0 Å². The molecule has 0 bridgehead atoms. The van der Waals surface area contributed by atoms with E-state index >= 15 is 0 Å². The fourth-order valence-corrected chi connectivity index (χ4v) is 3.39. The van der Waals surface area contributed by atoms with Crippen LogP contribution in [0.2, 0.25) is 0 Å². The van der Waals surface area contributed by atoms with Gasteiger partial charge in [0.15, 0.2) is 0 Å². The molecular formula is C18H26N4. The molecule has 1 saturated carbocycles. The molecule has 0 atom stereocenters. The Morgan fingerprint density at radius 1 is 1.14 bits per heavy atom. The highest BCUT2D eigenvalue weighted by atomic mass is 15.2. The molecule has 1 aliphatic rings. The van der Waals surface area contributed by atoms with Crippen molar-refractivity contribution in [3.05, 3.63) is 48.3 Å². The molecule has 0 amide bonds. The molecule has 4 heteroatoms. The number of hydrogen-bond acceptors (Lipinski definition) is 3. The first-order valence-electron chi connectivity index (χ1n) is 8.42. The van der Waals surface area contributed by atoms with Crippen molar-refractivity contribution < 1.29 is 0 Å². The average Bonchev–Trinajstić information content (AvgIpc) is 2.79. The molecule has 2 heterocycles. The van der Waals surface area contributed by atoms with Crippen LogP contribution in [0.3, 0.4) is 0 Å². The summed E-state index contributed by atoms with van der Waals surface area (Å²) in [6.07, 6.45) is 15.9. The third-order valence-electron chi connectivity index (χ3n) is 4.72. The molecule has 1 aliphatic carbocycles. The predicted octanol–water partition coefficient (Wildman–Crippen LogP) is 3.54. The summed E-state index contributed by atoms with van der Waals surface area (Å²) in [6.45, 7) is 1.88. The smallest absolute Gasteiger partial charge is 0.122 e. The van der Waals surface area contributed by atoms with Gasteiger partial charge in [0.05, 0.1) is 6.54 Å². The van der Waals surface area contributed by atoms with Crippen LogP contribution in [-0.4, -0.2) is 25.5 Å². The summed E-state index contributed by atoms with van der Waals surface area (Å²) in [7, 11) is 2.08. The van der Waals surface area contributed by atoms with Crippen LogP contribution in [0.4, 0.5) is 0 Å². The molecule has 118 valence electrons. The Labute approximate surface area is 133 Å². The third-order valence-corrected chi connectivity index (χ3v) is 4.72. The molecular weight excluding hydrogens is 272 g/mol. The van der Waals surface area contributed by atoms with Gasteiger partial charge >= 0.3 is 0 Å². The molecule has 0 radical (unpaired) electrons. The van der Waals surface area contributed by atoms with Gasteiger partial charge < -0.3 is 4.57 Å². The van der Waals surface area contributed by atoms with E-state index in [1.807, 2.05) is 30.9 Å². The lowest BCUT2D eigenvalue weighted by atomic mass is 10.1. The molecule has 2 aromatic rings. The van der Waals surface area contributed by atoms with Gasteiger partial charge in [-0.3, -0.25) is 9.88 Å². The second kappa shape index (κ2) is 7.54. The number of aryl methyl sites for hydroxylation is 1. The zero-order valence-electron chi connectivity index (χ0n) is 13.5. The lowest BCUT2D eigenvalue weighted by Crippen LogP contribution is -2.35. The quantitative estimate of drug-likeness (QED) is 0.792. The Balaban J connectivity index is 1.76. The molecule has 0 saturated heterocycles. The predicted molar refractivity (Wildman–Crippen MR) is 88.2 cm³/mol. The highest BCUT2D eigenvalue weighted by Crippen LogP contribution is 2.24. The summed E-state index contributed by atoms with van der Waals surface area (Å²) in [4.78, 5) is 11.4.